The van der Waals surface area contributed by atoms with Crippen LogP contribution >= 0.6 is 55.2 Å². The van der Waals surface area contributed by atoms with Crippen LogP contribution in [0.5, 0.6) is 0 Å². The highest BCUT2D eigenvalue weighted by atomic mass is 79.9. The van der Waals surface area contributed by atoms with Crippen molar-refractivity contribution < 1.29 is 4.79 Å². The molecule has 2 aromatic carbocycles. The van der Waals surface area contributed by atoms with Crippen LogP contribution in [0.4, 0.5) is 0 Å². The number of carbonyl (C=O) groups excluding carboxylic acids is 1. The fourth-order valence-corrected chi connectivity index (χ4v) is 3.82. The van der Waals surface area contributed by atoms with E-state index in [4.69, 9.17) is 11.6 Å². The van der Waals surface area contributed by atoms with Crippen molar-refractivity contribution in [2.75, 3.05) is 5.75 Å². The number of hydrogen-bond donors (Lipinski definition) is 0. The molecule has 0 radical (unpaired) electrons. The van der Waals surface area contributed by atoms with Crippen molar-refractivity contribution in [1.29, 1.82) is 0 Å². The van der Waals surface area contributed by atoms with Crippen LogP contribution in [0.1, 0.15) is 5.56 Å². The minimum atomic E-state index is 0.162. The first-order valence-electron chi connectivity index (χ1n) is 5.89. The van der Waals surface area contributed by atoms with E-state index < -0.39 is 0 Å². The maximum absolute atomic E-state index is 12.0. The Hall–Kier alpha value is -0.290. The fourth-order valence-electron chi connectivity index (χ4n) is 1.65. The molecule has 0 aliphatic rings. The number of Topliss-reactive ketones (excluding diaryl/α,β-unsaturated/α-hetero) is 1. The van der Waals surface area contributed by atoms with E-state index in [1.54, 1.807) is 0 Å². The molecule has 0 unspecified atom stereocenters. The number of ketones is 1. The van der Waals surface area contributed by atoms with Crippen LogP contribution in [0.3, 0.4) is 0 Å². The molecule has 2 aromatic rings. The molecule has 5 heteroatoms. The van der Waals surface area contributed by atoms with Crippen molar-refractivity contribution >= 4 is 61.0 Å². The molecule has 1 nitrogen and oxygen atoms in total. The summed E-state index contributed by atoms with van der Waals surface area (Å²) in [4.78, 5) is 13.1. The summed E-state index contributed by atoms with van der Waals surface area (Å²) < 4.78 is 1.93. The van der Waals surface area contributed by atoms with Crippen LogP contribution in [0.15, 0.2) is 56.3 Å². The Bertz CT molecular complexity index is 631. The first-order valence-corrected chi connectivity index (χ1v) is 8.84. The molecule has 0 N–H and O–H groups in total. The van der Waals surface area contributed by atoms with Gasteiger partial charge >= 0.3 is 0 Å². The lowest BCUT2D eigenvalue weighted by molar-refractivity contribution is -0.116. The van der Waals surface area contributed by atoms with Crippen LogP contribution in [0, 0.1) is 0 Å². The number of rotatable bonds is 5. The minimum Gasteiger partial charge on any atom is -0.298 e. The van der Waals surface area contributed by atoms with Gasteiger partial charge in [-0.2, -0.15) is 0 Å². The van der Waals surface area contributed by atoms with Gasteiger partial charge in [-0.3, -0.25) is 4.79 Å². The highest BCUT2D eigenvalue weighted by Crippen LogP contribution is 2.28. The fraction of sp³-hybridized carbons (Fsp3) is 0.133. The maximum Gasteiger partial charge on any atom is 0.147 e. The van der Waals surface area contributed by atoms with Gasteiger partial charge in [-0.15, -0.1) is 11.8 Å². The molecule has 0 heterocycles. The van der Waals surface area contributed by atoms with Crippen molar-refractivity contribution in [3.05, 3.63) is 62.0 Å². The topological polar surface area (TPSA) is 17.1 Å². The van der Waals surface area contributed by atoms with Gasteiger partial charge in [0.1, 0.15) is 5.78 Å². The smallest absolute Gasteiger partial charge is 0.147 e. The molecule has 0 saturated carbocycles. The Labute approximate surface area is 144 Å². The van der Waals surface area contributed by atoms with E-state index in [1.807, 2.05) is 42.5 Å². The van der Waals surface area contributed by atoms with Crippen LogP contribution in [-0.2, 0) is 11.2 Å². The van der Waals surface area contributed by atoms with Crippen molar-refractivity contribution in [2.24, 2.45) is 0 Å². The van der Waals surface area contributed by atoms with Gasteiger partial charge < -0.3 is 0 Å². The van der Waals surface area contributed by atoms with Crippen molar-refractivity contribution in [1.82, 2.24) is 0 Å². The van der Waals surface area contributed by atoms with E-state index in [0.717, 1.165) is 19.4 Å². The lowest BCUT2D eigenvalue weighted by Crippen LogP contribution is -2.06. The summed E-state index contributed by atoms with van der Waals surface area (Å²) in [5, 5.41) is 0.624. The van der Waals surface area contributed by atoms with Gasteiger partial charge in [0.15, 0.2) is 0 Å². The summed E-state index contributed by atoms with van der Waals surface area (Å²) in [5.41, 5.74) is 0.868. The third kappa shape index (κ3) is 4.62. The Kier molecular flexibility index (Phi) is 6.15. The van der Waals surface area contributed by atoms with Gasteiger partial charge in [0.2, 0.25) is 0 Å². The van der Waals surface area contributed by atoms with Gasteiger partial charge in [-0.1, -0.05) is 45.7 Å². The number of thioether (sulfide) groups is 1. The first-order chi connectivity index (χ1) is 9.56. The van der Waals surface area contributed by atoms with Crippen molar-refractivity contribution in [2.45, 2.75) is 11.3 Å². The molecule has 0 aromatic heterocycles. The van der Waals surface area contributed by atoms with Crippen LogP contribution in [0.2, 0.25) is 5.02 Å². The number of benzene rings is 2. The minimum absolute atomic E-state index is 0.162. The molecule has 0 atom stereocenters. The quantitative estimate of drug-likeness (QED) is 0.556. The van der Waals surface area contributed by atoms with Gasteiger partial charge in [0.05, 0.1) is 5.75 Å². The van der Waals surface area contributed by atoms with E-state index in [-0.39, 0.29) is 5.78 Å². The zero-order chi connectivity index (χ0) is 14.5. The summed E-state index contributed by atoms with van der Waals surface area (Å²) >= 11 is 14.5. The number of hydrogen-bond acceptors (Lipinski definition) is 2. The van der Waals surface area contributed by atoms with E-state index in [0.29, 0.717) is 17.2 Å². The average molecular weight is 435 g/mol. The first kappa shape index (κ1) is 16.1. The Morgan fingerprint density at radius 2 is 1.90 bits per heavy atom. The van der Waals surface area contributed by atoms with Gasteiger partial charge in [0, 0.05) is 25.3 Å². The largest absolute Gasteiger partial charge is 0.298 e. The Balaban J connectivity index is 1.94. The summed E-state index contributed by atoms with van der Waals surface area (Å²) in [6.45, 7) is 0. The van der Waals surface area contributed by atoms with Crippen LogP contribution in [-0.4, -0.2) is 11.5 Å². The molecule has 2 rings (SSSR count). The second-order valence-corrected chi connectivity index (χ2v) is 7.36. The lowest BCUT2D eigenvalue weighted by atomic mass is 10.1. The molecule has 0 amide bonds. The molecule has 0 aliphatic heterocycles. The van der Waals surface area contributed by atoms with Gasteiger partial charge in [0.25, 0.3) is 0 Å². The molecule has 0 bridgehead atoms. The molecular formula is C15H11Br2ClOS. The normalized spacial score (nSPS) is 10.6. The van der Waals surface area contributed by atoms with E-state index in [1.165, 1.54) is 11.8 Å². The predicted octanol–water partition coefficient (Wildman–Crippen LogP) is 5.77. The zero-order valence-electron chi connectivity index (χ0n) is 10.4. The van der Waals surface area contributed by atoms with Crippen LogP contribution in [0.25, 0.3) is 0 Å². The van der Waals surface area contributed by atoms with E-state index in [2.05, 4.69) is 31.9 Å². The summed E-state index contributed by atoms with van der Waals surface area (Å²) in [5.74, 6) is 0.602. The second kappa shape index (κ2) is 7.64. The number of halogens is 3. The highest BCUT2D eigenvalue weighted by molar-refractivity contribution is 9.10. The molecular weight excluding hydrogens is 423 g/mol. The van der Waals surface area contributed by atoms with E-state index in [9.17, 15) is 4.79 Å². The summed E-state index contributed by atoms with van der Waals surface area (Å²) in [6.07, 6.45) is 0.365. The molecule has 20 heavy (non-hydrogen) atoms. The molecule has 0 saturated heterocycles. The van der Waals surface area contributed by atoms with Crippen LogP contribution < -0.4 is 0 Å². The van der Waals surface area contributed by atoms with Crippen molar-refractivity contribution in [3.8, 4) is 0 Å². The third-order valence-electron chi connectivity index (χ3n) is 2.63. The summed E-state index contributed by atoms with van der Waals surface area (Å²) in [7, 11) is 0. The highest BCUT2D eigenvalue weighted by Gasteiger charge is 2.09. The molecule has 0 spiro atoms. The lowest BCUT2D eigenvalue weighted by Gasteiger charge is -2.05. The second-order valence-electron chi connectivity index (χ2n) is 4.17. The zero-order valence-corrected chi connectivity index (χ0v) is 15.2. The monoisotopic (exact) mass is 432 g/mol. The van der Waals surface area contributed by atoms with Gasteiger partial charge in [-0.25, -0.2) is 0 Å². The van der Waals surface area contributed by atoms with Gasteiger partial charge in [-0.05, 0) is 45.8 Å². The Morgan fingerprint density at radius 1 is 1.15 bits per heavy atom. The SMILES string of the molecule is O=C(CSc1ccccc1Br)Cc1ccc(Br)cc1Cl. The molecule has 104 valence electrons. The average Bonchev–Trinajstić information content (AvgIpc) is 2.41. The van der Waals surface area contributed by atoms with E-state index >= 15 is 0 Å². The molecule has 0 aliphatic carbocycles. The Morgan fingerprint density at radius 3 is 2.60 bits per heavy atom. The van der Waals surface area contributed by atoms with Crippen molar-refractivity contribution in [3.63, 3.8) is 0 Å². The molecule has 0 fully saturated rings. The summed E-state index contributed by atoms with van der Waals surface area (Å²) in [6, 6.07) is 13.5. The predicted molar refractivity (Wildman–Crippen MR) is 92.7 cm³/mol. The number of carbonyl (C=O) groups is 1. The standard InChI is InChI=1S/C15H11Br2ClOS/c16-11-6-5-10(14(18)8-11)7-12(19)9-20-15-4-2-1-3-13(15)17/h1-6,8H,7,9H2. The maximum atomic E-state index is 12.0. The third-order valence-corrected chi connectivity index (χ3v) is 5.56.